The van der Waals surface area contributed by atoms with E-state index in [4.69, 9.17) is 4.74 Å². The van der Waals surface area contributed by atoms with Crippen molar-refractivity contribution in [2.24, 2.45) is 5.92 Å². The van der Waals surface area contributed by atoms with Gasteiger partial charge in [-0.2, -0.15) is 5.10 Å². The Kier molecular flexibility index (Phi) is 4.22. The van der Waals surface area contributed by atoms with Crippen LogP contribution in [0.25, 0.3) is 0 Å². The Morgan fingerprint density at radius 2 is 2.31 bits per heavy atom. The first-order valence-electron chi connectivity index (χ1n) is 5.27. The number of aromatic nitrogens is 2. The summed E-state index contributed by atoms with van der Waals surface area (Å²) >= 11 is 0. The van der Waals surface area contributed by atoms with Gasteiger partial charge in [-0.1, -0.05) is 13.8 Å². The molecule has 1 atom stereocenters. The Labute approximate surface area is 94.4 Å². The molecule has 1 rings (SSSR count). The summed E-state index contributed by atoms with van der Waals surface area (Å²) in [6.07, 6.45) is 2.27. The van der Waals surface area contributed by atoms with Gasteiger partial charge in [-0.15, -0.1) is 0 Å². The molecule has 0 spiro atoms. The van der Waals surface area contributed by atoms with E-state index in [0.29, 0.717) is 18.6 Å². The molecule has 0 aromatic carbocycles. The molecule has 1 unspecified atom stereocenters. The molecule has 0 radical (unpaired) electrons. The number of rotatable bonds is 5. The molecular weight excluding hydrogens is 208 g/mol. The molecule has 1 aromatic rings. The van der Waals surface area contributed by atoms with E-state index in [1.165, 1.54) is 4.68 Å². The Morgan fingerprint density at radius 3 is 2.75 bits per heavy atom. The number of hydrogen-bond acceptors (Lipinski definition) is 4. The van der Waals surface area contributed by atoms with Crippen molar-refractivity contribution in [2.75, 3.05) is 6.61 Å². The highest BCUT2D eigenvalue weighted by molar-refractivity contribution is 5.75. The van der Waals surface area contributed by atoms with Gasteiger partial charge in [0.2, 0.25) is 0 Å². The van der Waals surface area contributed by atoms with Crippen LogP contribution in [-0.2, 0) is 9.53 Å². The molecule has 88 valence electrons. The van der Waals surface area contributed by atoms with Crippen molar-refractivity contribution in [1.29, 1.82) is 0 Å². The van der Waals surface area contributed by atoms with Crippen molar-refractivity contribution in [1.82, 2.24) is 9.78 Å². The molecule has 0 fully saturated rings. The van der Waals surface area contributed by atoms with Gasteiger partial charge < -0.3 is 4.74 Å². The summed E-state index contributed by atoms with van der Waals surface area (Å²) in [6.45, 7) is 5.91. The number of ether oxygens (including phenoxy) is 1. The molecule has 0 saturated carbocycles. The van der Waals surface area contributed by atoms with Gasteiger partial charge in [0.1, 0.15) is 5.69 Å². The molecule has 5 heteroatoms. The average Bonchev–Trinajstić information content (AvgIpc) is 2.66. The average molecular weight is 224 g/mol. The summed E-state index contributed by atoms with van der Waals surface area (Å²) in [6, 6.07) is 1.09. The molecule has 1 heterocycles. The molecule has 0 aliphatic carbocycles. The summed E-state index contributed by atoms with van der Waals surface area (Å²) in [5.74, 6) is -0.267. The molecule has 1 aromatic heterocycles. The molecule has 0 bridgehead atoms. The van der Waals surface area contributed by atoms with Crippen LogP contribution in [0.2, 0.25) is 0 Å². The number of carbonyl (C=O) groups is 2. The van der Waals surface area contributed by atoms with E-state index in [-0.39, 0.29) is 11.9 Å². The SMILES string of the molecule is CCOC(=O)C(C(C)C)n1ccc(C=O)n1. The Bertz CT molecular complexity index is 371. The third-order valence-corrected chi connectivity index (χ3v) is 2.19. The summed E-state index contributed by atoms with van der Waals surface area (Å²) in [7, 11) is 0. The smallest absolute Gasteiger partial charge is 0.331 e. The van der Waals surface area contributed by atoms with E-state index in [2.05, 4.69) is 5.10 Å². The molecule has 16 heavy (non-hydrogen) atoms. The van der Waals surface area contributed by atoms with Crippen LogP contribution in [0.15, 0.2) is 12.3 Å². The topological polar surface area (TPSA) is 61.2 Å². The van der Waals surface area contributed by atoms with E-state index >= 15 is 0 Å². The van der Waals surface area contributed by atoms with Gasteiger partial charge in [-0.3, -0.25) is 9.48 Å². The summed E-state index contributed by atoms with van der Waals surface area (Å²) in [5, 5.41) is 4.00. The first-order valence-corrected chi connectivity index (χ1v) is 5.27. The third kappa shape index (κ3) is 2.68. The number of nitrogens with zero attached hydrogens (tertiary/aromatic N) is 2. The lowest BCUT2D eigenvalue weighted by molar-refractivity contribution is -0.149. The lowest BCUT2D eigenvalue weighted by atomic mass is 10.1. The lowest BCUT2D eigenvalue weighted by Crippen LogP contribution is -2.27. The normalized spacial score (nSPS) is 12.5. The standard InChI is InChI=1S/C11H16N2O3/c1-4-16-11(15)10(8(2)3)13-6-5-9(7-14)12-13/h5-8,10H,4H2,1-3H3. The summed E-state index contributed by atoms with van der Waals surface area (Å²) < 4.78 is 6.45. The largest absolute Gasteiger partial charge is 0.464 e. The van der Waals surface area contributed by atoms with Crippen molar-refractivity contribution in [3.8, 4) is 0 Å². The van der Waals surface area contributed by atoms with Gasteiger partial charge in [0.15, 0.2) is 12.3 Å². The molecule has 0 saturated heterocycles. The predicted molar refractivity (Wildman–Crippen MR) is 58.1 cm³/mol. The highest BCUT2D eigenvalue weighted by Gasteiger charge is 2.26. The van der Waals surface area contributed by atoms with Crippen molar-refractivity contribution < 1.29 is 14.3 Å². The maximum atomic E-state index is 11.7. The molecule has 0 N–H and O–H groups in total. The number of esters is 1. The van der Waals surface area contributed by atoms with Crippen LogP contribution in [0.5, 0.6) is 0 Å². The monoisotopic (exact) mass is 224 g/mol. The van der Waals surface area contributed by atoms with Gasteiger partial charge in [0, 0.05) is 6.20 Å². The third-order valence-electron chi connectivity index (χ3n) is 2.19. The Hall–Kier alpha value is -1.65. The zero-order valence-corrected chi connectivity index (χ0v) is 9.71. The molecule has 0 amide bonds. The van der Waals surface area contributed by atoms with Crippen LogP contribution in [0.4, 0.5) is 0 Å². The fourth-order valence-corrected chi connectivity index (χ4v) is 1.48. The van der Waals surface area contributed by atoms with E-state index < -0.39 is 6.04 Å². The first-order chi connectivity index (χ1) is 7.60. The van der Waals surface area contributed by atoms with Gasteiger partial charge in [-0.25, -0.2) is 4.79 Å². The number of hydrogen-bond donors (Lipinski definition) is 0. The summed E-state index contributed by atoms with van der Waals surface area (Å²) in [5.41, 5.74) is 0.315. The minimum Gasteiger partial charge on any atom is -0.464 e. The van der Waals surface area contributed by atoms with Crippen molar-refractivity contribution in [3.63, 3.8) is 0 Å². The maximum Gasteiger partial charge on any atom is 0.331 e. The van der Waals surface area contributed by atoms with Gasteiger partial charge in [0.05, 0.1) is 6.61 Å². The zero-order chi connectivity index (χ0) is 12.1. The number of aldehydes is 1. The van der Waals surface area contributed by atoms with E-state index in [0.717, 1.165) is 0 Å². The second-order valence-electron chi connectivity index (χ2n) is 3.78. The van der Waals surface area contributed by atoms with Crippen LogP contribution in [0.1, 0.15) is 37.3 Å². The first kappa shape index (κ1) is 12.4. The molecule has 5 nitrogen and oxygen atoms in total. The van der Waals surface area contributed by atoms with Crippen LogP contribution >= 0.6 is 0 Å². The predicted octanol–water partition coefficient (Wildman–Crippen LogP) is 1.46. The zero-order valence-electron chi connectivity index (χ0n) is 9.71. The van der Waals surface area contributed by atoms with Crippen LogP contribution in [0, 0.1) is 5.92 Å². The van der Waals surface area contributed by atoms with E-state index in [1.807, 2.05) is 13.8 Å². The molecular formula is C11H16N2O3. The van der Waals surface area contributed by atoms with Gasteiger partial charge in [0.25, 0.3) is 0 Å². The van der Waals surface area contributed by atoms with Crippen molar-refractivity contribution in [2.45, 2.75) is 26.8 Å². The van der Waals surface area contributed by atoms with Crippen LogP contribution in [-0.4, -0.2) is 28.6 Å². The van der Waals surface area contributed by atoms with Crippen molar-refractivity contribution >= 4 is 12.3 Å². The second-order valence-corrected chi connectivity index (χ2v) is 3.78. The van der Waals surface area contributed by atoms with Crippen molar-refractivity contribution in [3.05, 3.63) is 18.0 Å². The van der Waals surface area contributed by atoms with Crippen LogP contribution < -0.4 is 0 Å². The molecule has 0 aliphatic rings. The van der Waals surface area contributed by atoms with Gasteiger partial charge >= 0.3 is 5.97 Å². The Balaban J connectivity index is 2.93. The maximum absolute atomic E-state index is 11.7. The van der Waals surface area contributed by atoms with E-state index in [1.54, 1.807) is 19.2 Å². The highest BCUT2D eigenvalue weighted by atomic mass is 16.5. The fraction of sp³-hybridized carbons (Fsp3) is 0.545. The fourth-order valence-electron chi connectivity index (χ4n) is 1.48. The minimum absolute atomic E-state index is 0.0541. The number of carbonyl (C=O) groups excluding carboxylic acids is 2. The summed E-state index contributed by atoms with van der Waals surface area (Å²) in [4.78, 5) is 22.2. The minimum atomic E-state index is -0.478. The quantitative estimate of drug-likeness (QED) is 0.561. The Morgan fingerprint density at radius 1 is 1.62 bits per heavy atom. The molecule has 0 aliphatic heterocycles. The van der Waals surface area contributed by atoms with Crippen LogP contribution in [0.3, 0.4) is 0 Å². The highest BCUT2D eigenvalue weighted by Crippen LogP contribution is 2.18. The van der Waals surface area contributed by atoms with Gasteiger partial charge in [-0.05, 0) is 18.9 Å². The second kappa shape index (κ2) is 5.44. The van der Waals surface area contributed by atoms with E-state index in [9.17, 15) is 9.59 Å². The lowest BCUT2D eigenvalue weighted by Gasteiger charge is -2.19.